The van der Waals surface area contributed by atoms with Crippen LogP contribution in [-0.2, 0) is 0 Å². The Morgan fingerprint density at radius 1 is 1.41 bits per heavy atom. The molecule has 90 valence electrons. The molecule has 0 atom stereocenters. The highest BCUT2D eigenvalue weighted by atomic mass is 79.9. The Bertz CT molecular complexity index is 564. The van der Waals surface area contributed by atoms with Gasteiger partial charge in [0.1, 0.15) is 5.75 Å². The van der Waals surface area contributed by atoms with E-state index in [1.165, 1.54) is 0 Å². The van der Waals surface area contributed by atoms with Gasteiger partial charge in [0, 0.05) is 15.6 Å². The molecule has 0 unspecified atom stereocenters. The van der Waals surface area contributed by atoms with Gasteiger partial charge in [0.05, 0.1) is 18.9 Å². The Morgan fingerprint density at radius 2 is 2.12 bits per heavy atom. The lowest BCUT2D eigenvalue weighted by Gasteiger charge is -2.14. The number of aryl methyl sites for hydroxylation is 1. The second kappa shape index (κ2) is 4.41. The topological polar surface area (TPSA) is 61.3 Å². The highest BCUT2D eigenvalue weighted by molar-refractivity contribution is 9.10. The van der Waals surface area contributed by atoms with E-state index in [0.717, 1.165) is 32.5 Å². The normalized spacial score (nSPS) is 10.6. The zero-order valence-corrected chi connectivity index (χ0v) is 11.5. The highest BCUT2D eigenvalue weighted by Crippen LogP contribution is 2.41. The van der Waals surface area contributed by atoms with Crippen LogP contribution in [0.1, 0.15) is 11.1 Å². The van der Waals surface area contributed by atoms with E-state index < -0.39 is 0 Å². The van der Waals surface area contributed by atoms with Gasteiger partial charge >= 0.3 is 0 Å². The molecule has 1 aromatic heterocycles. The van der Waals surface area contributed by atoms with Gasteiger partial charge < -0.3 is 15.0 Å². The van der Waals surface area contributed by atoms with Crippen LogP contribution in [0.25, 0.3) is 11.1 Å². The molecule has 0 aliphatic heterocycles. The smallest absolute Gasteiger partial charge is 0.230 e. The van der Waals surface area contributed by atoms with Crippen LogP contribution in [-0.4, -0.2) is 12.3 Å². The number of halogens is 1. The molecular weight excluding hydrogens is 284 g/mol. The molecule has 1 aromatic carbocycles. The molecule has 2 rings (SSSR count). The van der Waals surface area contributed by atoms with Crippen molar-refractivity contribution in [3.05, 3.63) is 27.9 Å². The number of ether oxygens (including phenoxy) is 1. The van der Waals surface area contributed by atoms with E-state index in [1.807, 2.05) is 19.9 Å². The van der Waals surface area contributed by atoms with Crippen molar-refractivity contribution in [2.24, 2.45) is 0 Å². The molecule has 0 fully saturated rings. The van der Waals surface area contributed by atoms with Crippen molar-refractivity contribution < 1.29 is 9.26 Å². The first-order chi connectivity index (χ1) is 8.06. The molecule has 0 aliphatic rings. The van der Waals surface area contributed by atoms with Gasteiger partial charge in [-0.15, -0.1) is 0 Å². The minimum atomic E-state index is 0.299. The average Bonchev–Trinajstić information content (AvgIpc) is 2.69. The van der Waals surface area contributed by atoms with Crippen molar-refractivity contribution in [2.45, 2.75) is 13.8 Å². The van der Waals surface area contributed by atoms with Gasteiger partial charge in [0.15, 0.2) is 0 Å². The van der Waals surface area contributed by atoms with Gasteiger partial charge in [-0.05, 0) is 25.5 Å². The Kier molecular flexibility index (Phi) is 3.11. The number of hydrogen-bond donors (Lipinski definition) is 1. The summed E-state index contributed by atoms with van der Waals surface area (Å²) in [6.07, 6.45) is 1.60. The largest absolute Gasteiger partial charge is 0.496 e. The van der Waals surface area contributed by atoms with Crippen LogP contribution >= 0.6 is 15.9 Å². The minimum Gasteiger partial charge on any atom is -0.496 e. The molecule has 2 aromatic rings. The van der Waals surface area contributed by atoms with E-state index in [2.05, 4.69) is 21.1 Å². The average molecular weight is 297 g/mol. The van der Waals surface area contributed by atoms with E-state index in [-0.39, 0.29) is 0 Å². The summed E-state index contributed by atoms with van der Waals surface area (Å²) in [7, 11) is 1.64. The summed E-state index contributed by atoms with van der Waals surface area (Å²) in [5.41, 5.74) is 9.51. The molecule has 0 spiro atoms. The summed E-state index contributed by atoms with van der Waals surface area (Å²) in [5, 5.41) is 3.70. The van der Waals surface area contributed by atoms with E-state index in [0.29, 0.717) is 5.88 Å². The molecule has 5 heteroatoms. The first kappa shape index (κ1) is 12.0. The molecule has 0 saturated carbocycles. The van der Waals surface area contributed by atoms with Crippen molar-refractivity contribution in [1.29, 1.82) is 0 Å². The second-order valence-corrected chi connectivity index (χ2v) is 4.67. The number of aromatic nitrogens is 1. The second-order valence-electron chi connectivity index (χ2n) is 3.81. The molecule has 1 heterocycles. The number of nitrogens with two attached hydrogens (primary N) is 1. The van der Waals surface area contributed by atoms with Crippen LogP contribution in [0.2, 0.25) is 0 Å². The monoisotopic (exact) mass is 296 g/mol. The lowest BCUT2D eigenvalue weighted by molar-refractivity contribution is 0.412. The van der Waals surface area contributed by atoms with E-state index >= 15 is 0 Å². The van der Waals surface area contributed by atoms with Crippen LogP contribution in [0.5, 0.6) is 5.75 Å². The number of rotatable bonds is 2. The van der Waals surface area contributed by atoms with Crippen LogP contribution in [0.15, 0.2) is 21.3 Å². The number of hydrogen-bond acceptors (Lipinski definition) is 4. The fraction of sp³-hybridized carbons (Fsp3) is 0.250. The third-order valence-corrected chi connectivity index (χ3v) is 3.56. The van der Waals surface area contributed by atoms with E-state index in [1.54, 1.807) is 13.3 Å². The number of anilines is 1. The van der Waals surface area contributed by atoms with Gasteiger partial charge in [-0.1, -0.05) is 21.1 Å². The van der Waals surface area contributed by atoms with E-state index in [4.69, 9.17) is 15.0 Å². The molecule has 2 N–H and O–H groups in total. The fourth-order valence-electron chi connectivity index (χ4n) is 1.87. The summed E-state index contributed by atoms with van der Waals surface area (Å²) in [6, 6.07) is 2.03. The maximum absolute atomic E-state index is 5.76. The Morgan fingerprint density at radius 3 is 2.65 bits per heavy atom. The first-order valence-electron chi connectivity index (χ1n) is 5.10. The first-order valence-corrected chi connectivity index (χ1v) is 5.89. The quantitative estimate of drug-likeness (QED) is 0.923. The zero-order chi connectivity index (χ0) is 12.6. The van der Waals surface area contributed by atoms with E-state index in [9.17, 15) is 0 Å². The Labute approximate surface area is 108 Å². The summed E-state index contributed by atoms with van der Waals surface area (Å²) in [4.78, 5) is 0. The molecule has 17 heavy (non-hydrogen) atoms. The fourth-order valence-corrected chi connectivity index (χ4v) is 2.40. The lowest BCUT2D eigenvalue weighted by atomic mass is 9.99. The number of nitrogen functional groups attached to an aromatic ring is 1. The zero-order valence-electron chi connectivity index (χ0n) is 9.87. The standard InChI is InChI=1S/C12H13BrN2O2/c1-6-4-9(13)7(2)11(16-3)10(6)8-5-15-17-12(8)14/h4-5H,14H2,1-3H3. The van der Waals surface area contributed by atoms with Gasteiger partial charge in [-0.2, -0.15) is 0 Å². The van der Waals surface area contributed by atoms with Gasteiger partial charge in [-0.25, -0.2) is 0 Å². The van der Waals surface area contributed by atoms with Crippen molar-refractivity contribution in [3.8, 4) is 16.9 Å². The van der Waals surface area contributed by atoms with Crippen molar-refractivity contribution >= 4 is 21.8 Å². The van der Waals surface area contributed by atoms with Crippen molar-refractivity contribution in [1.82, 2.24) is 5.16 Å². The predicted molar refractivity (Wildman–Crippen MR) is 70.1 cm³/mol. The van der Waals surface area contributed by atoms with Gasteiger partial charge in [0.25, 0.3) is 0 Å². The lowest BCUT2D eigenvalue weighted by Crippen LogP contribution is -1.96. The van der Waals surface area contributed by atoms with Crippen LogP contribution in [0.3, 0.4) is 0 Å². The van der Waals surface area contributed by atoms with Gasteiger partial charge in [0.2, 0.25) is 5.88 Å². The molecular formula is C12H13BrN2O2. The predicted octanol–water partition coefficient (Wildman–Crippen LogP) is 3.31. The molecule has 0 saturated heterocycles. The Balaban J connectivity index is 2.77. The maximum atomic E-state index is 5.76. The number of nitrogens with zero attached hydrogens (tertiary/aromatic N) is 1. The van der Waals surface area contributed by atoms with Gasteiger partial charge in [-0.3, -0.25) is 0 Å². The van der Waals surface area contributed by atoms with Crippen molar-refractivity contribution in [2.75, 3.05) is 12.8 Å². The molecule has 0 radical (unpaired) electrons. The summed E-state index contributed by atoms with van der Waals surface area (Å²) in [6.45, 7) is 3.98. The third-order valence-electron chi connectivity index (χ3n) is 2.74. The third kappa shape index (κ3) is 1.91. The highest BCUT2D eigenvalue weighted by Gasteiger charge is 2.18. The van der Waals surface area contributed by atoms with Crippen molar-refractivity contribution in [3.63, 3.8) is 0 Å². The number of methoxy groups -OCH3 is 1. The summed E-state index contributed by atoms with van der Waals surface area (Å²) in [5.74, 6) is 1.08. The molecule has 4 nitrogen and oxygen atoms in total. The summed E-state index contributed by atoms with van der Waals surface area (Å²) >= 11 is 3.50. The molecule has 0 aliphatic carbocycles. The maximum Gasteiger partial charge on any atom is 0.230 e. The Hall–Kier alpha value is -1.49. The SMILES string of the molecule is COc1c(C)c(Br)cc(C)c1-c1cnoc1N. The molecule has 0 bridgehead atoms. The summed E-state index contributed by atoms with van der Waals surface area (Å²) < 4.78 is 11.4. The minimum absolute atomic E-state index is 0.299. The van der Waals surface area contributed by atoms with Crippen LogP contribution < -0.4 is 10.5 Å². The number of benzene rings is 1. The van der Waals surface area contributed by atoms with Crippen LogP contribution in [0.4, 0.5) is 5.88 Å². The molecule has 0 amide bonds. The van der Waals surface area contributed by atoms with Crippen LogP contribution in [0, 0.1) is 13.8 Å².